The lowest BCUT2D eigenvalue weighted by atomic mass is 10.1. The maximum atomic E-state index is 12.3. The van der Waals surface area contributed by atoms with E-state index in [4.69, 9.17) is 0 Å². The molecular formula is C19H20N2OS2. The van der Waals surface area contributed by atoms with Gasteiger partial charge in [-0.3, -0.25) is 4.79 Å². The van der Waals surface area contributed by atoms with Crippen molar-refractivity contribution < 1.29 is 4.79 Å². The SMILES string of the molecule is CSc1ccc(CC(=O)N=c2sc3c(C)cc(C)cc3n2C)cc1. The first-order chi connectivity index (χ1) is 11.5. The summed E-state index contributed by atoms with van der Waals surface area (Å²) in [7, 11) is 1.97. The Labute approximate surface area is 150 Å². The zero-order chi connectivity index (χ0) is 17.3. The monoisotopic (exact) mass is 356 g/mol. The molecule has 3 aromatic rings. The molecule has 0 atom stereocenters. The molecule has 0 aliphatic rings. The number of aromatic nitrogens is 1. The fraction of sp³-hybridized carbons (Fsp3) is 0.263. The van der Waals surface area contributed by atoms with Gasteiger partial charge in [0.2, 0.25) is 0 Å². The molecule has 124 valence electrons. The number of rotatable bonds is 3. The summed E-state index contributed by atoms with van der Waals surface area (Å²) in [5.41, 5.74) is 4.58. The number of nitrogens with zero attached hydrogens (tertiary/aromatic N) is 2. The van der Waals surface area contributed by atoms with Crippen molar-refractivity contribution in [1.82, 2.24) is 4.57 Å². The van der Waals surface area contributed by atoms with Gasteiger partial charge < -0.3 is 4.57 Å². The van der Waals surface area contributed by atoms with Crippen LogP contribution in [0.2, 0.25) is 0 Å². The molecule has 1 amide bonds. The van der Waals surface area contributed by atoms with Crippen molar-refractivity contribution in [3.63, 3.8) is 0 Å². The fourth-order valence-electron chi connectivity index (χ4n) is 2.74. The lowest BCUT2D eigenvalue weighted by molar-refractivity contribution is -0.117. The van der Waals surface area contributed by atoms with Gasteiger partial charge in [0.05, 0.1) is 16.6 Å². The predicted octanol–water partition coefficient (Wildman–Crippen LogP) is 4.25. The van der Waals surface area contributed by atoms with Crippen molar-refractivity contribution in [3.05, 3.63) is 57.9 Å². The van der Waals surface area contributed by atoms with Crippen molar-refractivity contribution in [1.29, 1.82) is 0 Å². The van der Waals surface area contributed by atoms with Gasteiger partial charge in [0, 0.05) is 11.9 Å². The quantitative estimate of drug-likeness (QED) is 0.658. The summed E-state index contributed by atoms with van der Waals surface area (Å²) in [6.07, 6.45) is 2.38. The Morgan fingerprint density at radius 3 is 2.58 bits per heavy atom. The Kier molecular flexibility index (Phi) is 4.92. The first-order valence-corrected chi connectivity index (χ1v) is 9.79. The molecule has 0 fully saturated rings. The highest BCUT2D eigenvalue weighted by atomic mass is 32.2. The lowest BCUT2D eigenvalue weighted by Gasteiger charge is -2.00. The maximum Gasteiger partial charge on any atom is 0.252 e. The maximum absolute atomic E-state index is 12.3. The first kappa shape index (κ1) is 17.0. The average molecular weight is 357 g/mol. The molecular weight excluding hydrogens is 336 g/mol. The van der Waals surface area contributed by atoms with Crippen LogP contribution in [0.1, 0.15) is 16.7 Å². The minimum absolute atomic E-state index is 0.108. The fourth-order valence-corrected chi connectivity index (χ4v) is 4.23. The molecule has 0 spiro atoms. The summed E-state index contributed by atoms with van der Waals surface area (Å²) in [5.74, 6) is -0.108. The number of carbonyl (C=O) groups excluding carboxylic acids is 1. The molecule has 0 aliphatic carbocycles. The van der Waals surface area contributed by atoms with E-state index in [1.165, 1.54) is 20.7 Å². The number of hydrogen-bond acceptors (Lipinski definition) is 3. The van der Waals surface area contributed by atoms with Crippen LogP contribution in [-0.2, 0) is 18.3 Å². The summed E-state index contributed by atoms with van der Waals surface area (Å²) in [6, 6.07) is 12.4. The van der Waals surface area contributed by atoms with Crippen LogP contribution in [0.25, 0.3) is 10.2 Å². The van der Waals surface area contributed by atoms with E-state index in [0.717, 1.165) is 15.9 Å². The molecule has 5 heteroatoms. The average Bonchev–Trinajstić information content (AvgIpc) is 2.85. The highest BCUT2D eigenvalue weighted by Gasteiger charge is 2.08. The van der Waals surface area contributed by atoms with Crippen LogP contribution in [0, 0.1) is 13.8 Å². The Morgan fingerprint density at radius 1 is 1.21 bits per heavy atom. The number of amides is 1. The van der Waals surface area contributed by atoms with Gasteiger partial charge in [-0.2, -0.15) is 4.99 Å². The van der Waals surface area contributed by atoms with E-state index in [2.05, 4.69) is 31.0 Å². The van der Waals surface area contributed by atoms with E-state index >= 15 is 0 Å². The minimum atomic E-state index is -0.108. The normalized spacial score (nSPS) is 12.1. The van der Waals surface area contributed by atoms with Gasteiger partial charge in [0.1, 0.15) is 0 Å². The number of hydrogen-bond donors (Lipinski definition) is 0. The number of fused-ring (bicyclic) bond motifs is 1. The molecule has 24 heavy (non-hydrogen) atoms. The highest BCUT2D eigenvalue weighted by molar-refractivity contribution is 7.98. The van der Waals surface area contributed by atoms with E-state index in [1.807, 2.05) is 42.1 Å². The van der Waals surface area contributed by atoms with Crippen molar-refractivity contribution in [3.8, 4) is 0 Å². The van der Waals surface area contributed by atoms with E-state index < -0.39 is 0 Å². The zero-order valence-corrected chi connectivity index (χ0v) is 15.9. The molecule has 0 saturated heterocycles. The summed E-state index contributed by atoms with van der Waals surface area (Å²) in [6.45, 7) is 4.19. The third-order valence-electron chi connectivity index (χ3n) is 3.98. The van der Waals surface area contributed by atoms with E-state index in [1.54, 1.807) is 23.1 Å². The second kappa shape index (κ2) is 6.95. The topological polar surface area (TPSA) is 34.4 Å². The predicted molar refractivity (Wildman–Crippen MR) is 103 cm³/mol. The van der Waals surface area contributed by atoms with E-state index in [9.17, 15) is 4.79 Å². The van der Waals surface area contributed by atoms with Gasteiger partial charge in [-0.05, 0) is 55.0 Å². The molecule has 3 nitrogen and oxygen atoms in total. The van der Waals surface area contributed by atoms with Crippen molar-refractivity contribution in [2.24, 2.45) is 12.0 Å². The van der Waals surface area contributed by atoms with Crippen molar-refractivity contribution in [2.75, 3.05) is 6.26 Å². The molecule has 0 N–H and O–H groups in total. The van der Waals surface area contributed by atoms with E-state index in [-0.39, 0.29) is 5.91 Å². The zero-order valence-electron chi connectivity index (χ0n) is 14.3. The summed E-state index contributed by atoms with van der Waals surface area (Å²) < 4.78 is 3.20. The molecule has 1 heterocycles. The second-order valence-corrected chi connectivity index (χ2v) is 7.76. The summed E-state index contributed by atoms with van der Waals surface area (Å²) >= 11 is 3.27. The Balaban J connectivity index is 1.92. The summed E-state index contributed by atoms with van der Waals surface area (Å²) in [4.78, 5) is 18.6. The molecule has 0 radical (unpaired) electrons. The third kappa shape index (κ3) is 3.47. The van der Waals surface area contributed by atoms with Crippen LogP contribution in [0.5, 0.6) is 0 Å². The number of aryl methyl sites for hydroxylation is 3. The minimum Gasteiger partial charge on any atom is -0.319 e. The van der Waals surface area contributed by atoms with Crippen LogP contribution >= 0.6 is 23.1 Å². The molecule has 3 rings (SSSR count). The van der Waals surface area contributed by atoms with Crippen LogP contribution in [0.15, 0.2) is 46.3 Å². The van der Waals surface area contributed by atoms with Gasteiger partial charge in [-0.1, -0.05) is 29.5 Å². The number of benzene rings is 2. The Hall–Kier alpha value is -1.85. The van der Waals surface area contributed by atoms with Crippen LogP contribution in [0.3, 0.4) is 0 Å². The smallest absolute Gasteiger partial charge is 0.252 e. The van der Waals surface area contributed by atoms with Crippen molar-refractivity contribution >= 4 is 39.2 Å². The van der Waals surface area contributed by atoms with E-state index in [0.29, 0.717) is 6.42 Å². The number of carbonyl (C=O) groups is 1. The Bertz CT molecular complexity index is 965. The standard InChI is InChI=1S/C19H20N2OS2/c1-12-9-13(2)18-16(10-12)21(3)19(24-18)20-17(22)11-14-5-7-15(23-4)8-6-14/h5-10H,11H2,1-4H3. The van der Waals surface area contributed by atoms with Gasteiger partial charge >= 0.3 is 0 Å². The van der Waals surface area contributed by atoms with Gasteiger partial charge in [0.25, 0.3) is 5.91 Å². The summed E-state index contributed by atoms with van der Waals surface area (Å²) in [5, 5.41) is 0. The molecule has 0 aliphatic heterocycles. The van der Waals surface area contributed by atoms with Gasteiger partial charge in [-0.25, -0.2) is 0 Å². The first-order valence-electron chi connectivity index (χ1n) is 7.75. The van der Waals surface area contributed by atoms with Crippen LogP contribution in [-0.4, -0.2) is 16.7 Å². The van der Waals surface area contributed by atoms with Gasteiger partial charge in [-0.15, -0.1) is 11.8 Å². The molecule has 0 saturated carbocycles. The lowest BCUT2D eigenvalue weighted by Crippen LogP contribution is -2.14. The van der Waals surface area contributed by atoms with Crippen LogP contribution < -0.4 is 4.80 Å². The molecule has 2 aromatic carbocycles. The highest BCUT2D eigenvalue weighted by Crippen LogP contribution is 2.22. The molecule has 0 bridgehead atoms. The number of thiazole rings is 1. The largest absolute Gasteiger partial charge is 0.319 e. The Morgan fingerprint density at radius 2 is 1.92 bits per heavy atom. The third-order valence-corrected chi connectivity index (χ3v) is 6.00. The van der Waals surface area contributed by atoms with Crippen LogP contribution in [0.4, 0.5) is 0 Å². The van der Waals surface area contributed by atoms with Gasteiger partial charge in [0.15, 0.2) is 4.80 Å². The van der Waals surface area contributed by atoms with Crippen molar-refractivity contribution in [2.45, 2.75) is 25.2 Å². The molecule has 0 unspecified atom stereocenters. The second-order valence-electron chi connectivity index (χ2n) is 5.90. The molecule has 1 aromatic heterocycles. The number of thioether (sulfide) groups is 1.